The molecule has 0 amide bonds. The van der Waals surface area contributed by atoms with Crippen LogP contribution in [0, 0.1) is 0 Å². The van der Waals surface area contributed by atoms with Gasteiger partial charge in [-0.2, -0.15) is 0 Å². The first kappa shape index (κ1) is 10.3. The van der Waals surface area contributed by atoms with Crippen LogP contribution in [0.1, 0.15) is 16.6 Å². The molecule has 1 aromatic carbocycles. The maximum absolute atomic E-state index is 10.5. The van der Waals surface area contributed by atoms with Crippen molar-refractivity contribution < 1.29 is 19.0 Å². The summed E-state index contributed by atoms with van der Waals surface area (Å²) in [6.45, 7) is -0.259. The zero-order chi connectivity index (χ0) is 9.84. The van der Waals surface area contributed by atoms with Crippen LogP contribution in [0.15, 0.2) is 24.3 Å². The number of hydrogen-bond donors (Lipinski definition) is 3. The monoisotopic (exact) mass is 202 g/mol. The van der Waals surface area contributed by atoms with Gasteiger partial charge >= 0.3 is 0 Å². The molecule has 1 rings (SSSR count). The Balaban J connectivity index is 3.05. The minimum Gasteiger partial charge on any atom is -0.392 e. The molecule has 13 heavy (non-hydrogen) atoms. The summed E-state index contributed by atoms with van der Waals surface area (Å²) < 4.78 is 19.2. The Morgan fingerprint density at radius 2 is 2.00 bits per heavy atom. The lowest BCUT2D eigenvalue weighted by Crippen LogP contribution is -2.07. The van der Waals surface area contributed by atoms with Gasteiger partial charge in [0, 0.05) is 5.56 Å². The molecule has 0 heterocycles. The molecule has 0 spiro atoms. The summed E-state index contributed by atoms with van der Waals surface area (Å²) in [6, 6.07) is 6.41. The van der Waals surface area contributed by atoms with E-state index in [1.165, 1.54) is 6.07 Å². The highest BCUT2D eigenvalue weighted by Crippen LogP contribution is 2.19. The van der Waals surface area contributed by atoms with E-state index in [1.807, 2.05) is 0 Å². The first-order valence-electron chi connectivity index (χ1n) is 3.63. The third-order valence-electron chi connectivity index (χ3n) is 1.68. The van der Waals surface area contributed by atoms with E-state index in [-0.39, 0.29) is 12.2 Å². The van der Waals surface area contributed by atoms with E-state index in [0.29, 0.717) is 5.56 Å². The predicted octanol–water partition coefficient (Wildman–Crippen LogP) is 0.392. The maximum atomic E-state index is 10.5. The van der Waals surface area contributed by atoms with E-state index in [1.54, 1.807) is 18.2 Å². The first-order valence-corrected chi connectivity index (χ1v) is 4.80. The zero-order valence-electron chi connectivity index (χ0n) is 6.75. The van der Waals surface area contributed by atoms with Crippen LogP contribution < -0.4 is 0 Å². The lowest BCUT2D eigenvalue weighted by molar-refractivity contribution is 0.240. The highest BCUT2D eigenvalue weighted by atomic mass is 32.2. The van der Waals surface area contributed by atoms with E-state index < -0.39 is 16.5 Å². The second-order valence-electron chi connectivity index (χ2n) is 2.49. The molecule has 4 nitrogen and oxygen atoms in total. The number of rotatable bonds is 3. The third-order valence-corrected chi connectivity index (χ3v) is 2.32. The van der Waals surface area contributed by atoms with Gasteiger partial charge in [0.1, 0.15) is 0 Å². The van der Waals surface area contributed by atoms with Crippen molar-refractivity contribution in [1.82, 2.24) is 0 Å². The Kier molecular flexibility index (Phi) is 3.56. The summed E-state index contributed by atoms with van der Waals surface area (Å²) in [7, 11) is 0. The highest BCUT2D eigenvalue weighted by Gasteiger charge is 2.16. The Hall–Kier alpha value is -0.750. The van der Waals surface area contributed by atoms with Crippen molar-refractivity contribution in [2.45, 2.75) is 12.0 Å². The van der Waals surface area contributed by atoms with E-state index in [4.69, 9.17) is 9.66 Å². The van der Waals surface area contributed by atoms with Crippen molar-refractivity contribution in [2.24, 2.45) is 0 Å². The second kappa shape index (κ2) is 4.48. The van der Waals surface area contributed by atoms with Gasteiger partial charge in [0.15, 0.2) is 16.5 Å². The summed E-state index contributed by atoms with van der Waals surface area (Å²) in [4.78, 5) is 0. The molecule has 72 valence electrons. The molecule has 0 fully saturated rings. The van der Waals surface area contributed by atoms with Gasteiger partial charge in [-0.3, -0.25) is 0 Å². The highest BCUT2D eigenvalue weighted by molar-refractivity contribution is 7.79. The Morgan fingerprint density at radius 3 is 2.54 bits per heavy atom. The molecule has 0 bridgehead atoms. The zero-order valence-corrected chi connectivity index (χ0v) is 7.57. The molecular weight excluding hydrogens is 192 g/mol. The predicted molar refractivity (Wildman–Crippen MR) is 48.1 cm³/mol. The maximum Gasteiger partial charge on any atom is 0.187 e. The fourth-order valence-electron chi connectivity index (χ4n) is 1.03. The molecule has 1 aromatic rings. The van der Waals surface area contributed by atoms with Gasteiger partial charge in [-0.15, -0.1) is 0 Å². The van der Waals surface area contributed by atoms with Crippen molar-refractivity contribution in [3.05, 3.63) is 35.4 Å². The minimum absolute atomic E-state index is 0.259. The van der Waals surface area contributed by atoms with Gasteiger partial charge < -0.3 is 14.8 Å². The average Bonchev–Trinajstić information content (AvgIpc) is 2.16. The van der Waals surface area contributed by atoms with Crippen LogP contribution >= 0.6 is 0 Å². The average molecular weight is 202 g/mol. The van der Waals surface area contributed by atoms with Gasteiger partial charge in [0.2, 0.25) is 0 Å². The number of aliphatic hydroxyl groups is 2. The van der Waals surface area contributed by atoms with Crippen LogP contribution in [0.5, 0.6) is 0 Å². The van der Waals surface area contributed by atoms with Crippen LogP contribution in [-0.2, 0) is 17.7 Å². The van der Waals surface area contributed by atoms with E-state index in [2.05, 4.69) is 0 Å². The van der Waals surface area contributed by atoms with Crippen molar-refractivity contribution in [3.8, 4) is 0 Å². The molecule has 0 saturated heterocycles. The van der Waals surface area contributed by atoms with E-state index in [0.717, 1.165) is 0 Å². The molecule has 2 unspecified atom stereocenters. The SMILES string of the molecule is O=S(O)C(O)c1ccccc1CO. The van der Waals surface area contributed by atoms with Gasteiger partial charge in [-0.05, 0) is 5.56 Å². The smallest absolute Gasteiger partial charge is 0.187 e. The quantitative estimate of drug-likeness (QED) is 0.620. The van der Waals surface area contributed by atoms with E-state index in [9.17, 15) is 9.32 Å². The molecule has 5 heteroatoms. The van der Waals surface area contributed by atoms with E-state index >= 15 is 0 Å². The second-order valence-corrected chi connectivity index (χ2v) is 3.48. The summed E-state index contributed by atoms with van der Waals surface area (Å²) in [5.41, 5.74) is -0.716. The molecule has 0 aliphatic rings. The lowest BCUT2D eigenvalue weighted by atomic mass is 10.1. The minimum atomic E-state index is -2.33. The largest absolute Gasteiger partial charge is 0.392 e. The molecule has 3 N–H and O–H groups in total. The third kappa shape index (κ3) is 2.35. The van der Waals surface area contributed by atoms with Crippen molar-refractivity contribution >= 4 is 11.1 Å². The fourth-order valence-corrected chi connectivity index (χ4v) is 1.47. The van der Waals surface area contributed by atoms with Gasteiger partial charge in [0.05, 0.1) is 6.61 Å². The molecule has 2 atom stereocenters. The summed E-state index contributed by atoms with van der Waals surface area (Å²) in [5, 5.41) is 18.1. The van der Waals surface area contributed by atoms with Gasteiger partial charge in [-0.25, -0.2) is 4.21 Å². The molecule has 0 radical (unpaired) electrons. The van der Waals surface area contributed by atoms with Crippen molar-refractivity contribution in [3.63, 3.8) is 0 Å². The molecular formula is C8H10O4S. The van der Waals surface area contributed by atoms with Crippen molar-refractivity contribution in [2.75, 3.05) is 0 Å². The summed E-state index contributed by atoms with van der Waals surface area (Å²) >= 11 is -2.33. The van der Waals surface area contributed by atoms with Crippen LogP contribution in [-0.4, -0.2) is 19.0 Å². The Bertz CT molecular complexity index is 313. The van der Waals surface area contributed by atoms with Crippen LogP contribution in [0.25, 0.3) is 0 Å². The fraction of sp³-hybridized carbons (Fsp3) is 0.250. The molecule has 0 saturated carbocycles. The lowest BCUT2D eigenvalue weighted by Gasteiger charge is -2.10. The standard InChI is InChI=1S/C8H10O4S/c9-5-6-3-1-2-4-7(6)8(10)13(11)12/h1-4,8-10H,5H2,(H,11,12). The van der Waals surface area contributed by atoms with Crippen LogP contribution in [0.2, 0.25) is 0 Å². The number of aliphatic hydroxyl groups excluding tert-OH is 2. The van der Waals surface area contributed by atoms with Gasteiger partial charge in [-0.1, -0.05) is 24.3 Å². The topological polar surface area (TPSA) is 77.8 Å². The summed E-state index contributed by atoms with van der Waals surface area (Å²) in [5.74, 6) is 0. The van der Waals surface area contributed by atoms with Gasteiger partial charge in [0.25, 0.3) is 0 Å². The molecule has 0 aliphatic carbocycles. The van der Waals surface area contributed by atoms with Crippen LogP contribution in [0.3, 0.4) is 0 Å². The number of hydrogen-bond acceptors (Lipinski definition) is 3. The first-order chi connectivity index (χ1) is 6.16. The normalized spacial score (nSPS) is 15.3. The Labute approximate surface area is 78.1 Å². The number of benzene rings is 1. The summed E-state index contributed by atoms with van der Waals surface area (Å²) in [6.07, 6.45) is 0. The van der Waals surface area contributed by atoms with Crippen molar-refractivity contribution in [1.29, 1.82) is 0 Å². The van der Waals surface area contributed by atoms with Crippen LogP contribution in [0.4, 0.5) is 0 Å². The molecule has 0 aliphatic heterocycles. The Morgan fingerprint density at radius 1 is 1.38 bits per heavy atom. The molecule has 0 aromatic heterocycles.